The fourth-order valence-corrected chi connectivity index (χ4v) is 1.32. The van der Waals surface area contributed by atoms with Crippen LogP contribution < -0.4 is 0 Å². The first-order valence-electron chi connectivity index (χ1n) is 4.29. The van der Waals surface area contributed by atoms with Gasteiger partial charge in [-0.3, -0.25) is 5.10 Å². The van der Waals surface area contributed by atoms with Gasteiger partial charge in [0.2, 0.25) is 6.08 Å². The van der Waals surface area contributed by atoms with Gasteiger partial charge in [-0.05, 0) is 32.3 Å². The van der Waals surface area contributed by atoms with E-state index in [9.17, 15) is 4.79 Å². The Balaban J connectivity index is 2.49. The summed E-state index contributed by atoms with van der Waals surface area (Å²) >= 11 is 0. The molecule has 1 aromatic rings. The van der Waals surface area contributed by atoms with Crippen LogP contribution in [0.4, 0.5) is 0 Å². The number of carbonyl (C=O) groups excluding carboxylic acids is 1. The summed E-state index contributed by atoms with van der Waals surface area (Å²) in [6.45, 7) is 4.52. The molecule has 0 atom stereocenters. The Hall–Kier alpha value is -1.41. The fraction of sp³-hybridized carbons (Fsp3) is 0.556. The molecule has 13 heavy (non-hydrogen) atoms. The minimum Gasteiger partial charge on any atom is -0.282 e. The summed E-state index contributed by atoms with van der Waals surface area (Å²) in [6, 6.07) is 0. The maximum atomic E-state index is 9.79. The van der Waals surface area contributed by atoms with Crippen LogP contribution in [0, 0.1) is 13.8 Å². The summed E-state index contributed by atoms with van der Waals surface area (Å²) in [5, 5.41) is 7.00. The van der Waals surface area contributed by atoms with Crippen molar-refractivity contribution < 1.29 is 4.79 Å². The van der Waals surface area contributed by atoms with E-state index in [-0.39, 0.29) is 0 Å². The number of hydrogen-bond donors (Lipinski definition) is 1. The molecule has 4 nitrogen and oxygen atoms in total. The molecule has 0 spiro atoms. The van der Waals surface area contributed by atoms with Crippen LogP contribution >= 0.6 is 0 Å². The standard InChI is InChI=1S/C9H13N3O/c1-7-9(8(2)12-11-7)4-3-5-10-6-13/h3-5H2,1-2H3,(H,11,12). The Bertz CT molecular complexity index is 304. The Morgan fingerprint density at radius 2 is 2.31 bits per heavy atom. The van der Waals surface area contributed by atoms with Gasteiger partial charge >= 0.3 is 0 Å². The summed E-state index contributed by atoms with van der Waals surface area (Å²) < 4.78 is 0. The highest BCUT2D eigenvalue weighted by Crippen LogP contribution is 2.11. The molecule has 0 aliphatic carbocycles. The van der Waals surface area contributed by atoms with Crippen molar-refractivity contribution in [2.45, 2.75) is 26.7 Å². The number of isocyanates is 1. The van der Waals surface area contributed by atoms with Crippen LogP contribution in [0.1, 0.15) is 23.4 Å². The average molecular weight is 179 g/mol. The third kappa shape index (κ3) is 2.53. The van der Waals surface area contributed by atoms with Crippen molar-refractivity contribution in [2.75, 3.05) is 6.54 Å². The van der Waals surface area contributed by atoms with E-state index in [2.05, 4.69) is 15.2 Å². The summed E-state index contributed by atoms with van der Waals surface area (Å²) in [6.07, 6.45) is 3.32. The van der Waals surface area contributed by atoms with Gasteiger partial charge in [0.25, 0.3) is 0 Å². The third-order valence-corrected chi connectivity index (χ3v) is 2.04. The van der Waals surface area contributed by atoms with Crippen molar-refractivity contribution in [1.82, 2.24) is 10.2 Å². The highest BCUT2D eigenvalue weighted by molar-refractivity contribution is 5.32. The van der Waals surface area contributed by atoms with Gasteiger partial charge in [-0.2, -0.15) is 5.10 Å². The molecule has 0 saturated carbocycles. The van der Waals surface area contributed by atoms with E-state index in [0.29, 0.717) is 6.54 Å². The average Bonchev–Trinajstić information content (AvgIpc) is 2.42. The highest BCUT2D eigenvalue weighted by atomic mass is 16.1. The molecule has 0 saturated heterocycles. The lowest BCUT2D eigenvalue weighted by atomic mass is 10.1. The largest absolute Gasteiger partial charge is 0.282 e. The lowest BCUT2D eigenvalue weighted by Gasteiger charge is -1.97. The number of H-pyrrole nitrogens is 1. The Labute approximate surface area is 77.1 Å². The van der Waals surface area contributed by atoms with E-state index in [4.69, 9.17) is 0 Å². The third-order valence-electron chi connectivity index (χ3n) is 2.04. The molecule has 0 unspecified atom stereocenters. The molecule has 1 aromatic heterocycles. The van der Waals surface area contributed by atoms with Gasteiger partial charge < -0.3 is 0 Å². The lowest BCUT2D eigenvalue weighted by Crippen LogP contribution is -1.91. The number of aryl methyl sites for hydroxylation is 2. The zero-order valence-corrected chi connectivity index (χ0v) is 7.92. The van der Waals surface area contributed by atoms with Gasteiger partial charge in [-0.25, -0.2) is 9.79 Å². The van der Waals surface area contributed by atoms with Crippen LogP contribution in [0.5, 0.6) is 0 Å². The number of aliphatic imine (C=N–C) groups is 1. The van der Waals surface area contributed by atoms with E-state index in [1.807, 2.05) is 13.8 Å². The Morgan fingerprint density at radius 1 is 1.54 bits per heavy atom. The topological polar surface area (TPSA) is 58.1 Å². The molecule has 0 aliphatic rings. The van der Waals surface area contributed by atoms with E-state index in [1.165, 1.54) is 11.6 Å². The van der Waals surface area contributed by atoms with Crippen molar-refractivity contribution >= 4 is 6.08 Å². The number of aromatic amines is 1. The monoisotopic (exact) mass is 179 g/mol. The van der Waals surface area contributed by atoms with Crippen LogP contribution in [0.2, 0.25) is 0 Å². The van der Waals surface area contributed by atoms with Crippen LogP contribution in [0.3, 0.4) is 0 Å². The summed E-state index contributed by atoms with van der Waals surface area (Å²) in [7, 11) is 0. The second kappa shape index (κ2) is 4.58. The molecule has 4 heteroatoms. The molecule has 70 valence electrons. The van der Waals surface area contributed by atoms with Gasteiger partial charge in [0, 0.05) is 5.69 Å². The molecular formula is C9H13N3O. The van der Waals surface area contributed by atoms with E-state index < -0.39 is 0 Å². The van der Waals surface area contributed by atoms with Crippen LogP contribution in [0.25, 0.3) is 0 Å². The molecule has 0 aliphatic heterocycles. The second-order valence-corrected chi connectivity index (χ2v) is 2.99. The zero-order valence-electron chi connectivity index (χ0n) is 7.92. The van der Waals surface area contributed by atoms with E-state index in [0.717, 1.165) is 24.2 Å². The molecule has 0 aromatic carbocycles. The smallest absolute Gasteiger partial charge is 0.234 e. The molecule has 0 amide bonds. The maximum Gasteiger partial charge on any atom is 0.234 e. The first-order valence-corrected chi connectivity index (χ1v) is 4.29. The number of hydrogen-bond acceptors (Lipinski definition) is 3. The first-order chi connectivity index (χ1) is 6.25. The molecule has 1 heterocycles. The minimum absolute atomic E-state index is 0.549. The van der Waals surface area contributed by atoms with Crippen molar-refractivity contribution in [3.05, 3.63) is 17.0 Å². The maximum absolute atomic E-state index is 9.79. The van der Waals surface area contributed by atoms with Gasteiger partial charge in [-0.15, -0.1) is 0 Å². The van der Waals surface area contributed by atoms with Gasteiger partial charge in [0.1, 0.15) is 0 Å². The second-order valence-electron chi connectivity index (χ2n) is 2.99. The molecular weight excluding hydrogens is 166 g/mol. The zero-order chi connectivity index (χ0) is 9.68. The van der Waals surface area contributed by atoms with Crippen LogP contribution in [-0.4, -0.2) is 22.8 Å². The van der Waals surface area contributed by atoms with Crippen LogP contribution in [-0.2, 0) is 11.2 Å². The Kier molecular flexibility index (Phi) is 3.41. The summed E-state index contributed by atoms with van der Waals surface area (Å²) in [4.78, 5) is 13.3. The van der Waals surface area contributed by atoms with Crippen molar-refractivity contribution in [3.63, 3.8) is 0 Å². The van der Waals surface area contributed by atoms with E-state index >= 15 is 0 Å². The van der Waals surface area contributed by atoms with Crippen molar-refractivity contribution in [2.24, 2.45) is 4.99 Å². The predicted molar refractivity (Wildman–Crippen MR) is 49.4 cm³/mol. The van der Waals surface area contributed by atoms with Crippen molar-refractivity contribution in [3.8, 4) is 0 Å². The molecule has 0 bridgehead atoms. The summed E-state index contributed by atoms with van der Waals surface area (Å²) in [5.41, 5.74) is 3.38. The minimum atomic E-state index is 0.549. The number of aromatic nitrogens is 2. The molecule has 1 rings (SSSR count). The quantitative estimate of drug-likeness (QED) is 0.430. The SMILES string of the molecule is Cc1n[nH]c(C)c1CCCN=C=O. The molecule has 0 fully saturated rings. The predicted octanol–water partition coefficient (Wildman–Crippen LogP) is 1.29. The van der Waals surface area contributed by atoms with Gasteiger partial charge in [-0.1, -0.05) is 0 Å². The lowest BCUT2D eigenvalue weighted by molar-refractivity contribution is 0.562. The van der Waals surface area contributed by atoms with E-state index in [1.54, 1.807) is 0 Å². The first kappa shape index (κ1) is 9.68. The van der Waals surface area contributed by atoms with Gasteiger partial charge in [0.05, 0.1) is 12.2 Å². The van der Waals surface area contributed by atoms with Crippen LogP contribution in [0.15, 0.2) is 4.99 Å². The number of nitrogens with zero attached hydrogens (tertiary/aromatic N) is 2. The summed E-state index contributed by atoms with van der Waals surface area (Å²) in [5.74, 6) is 0. The van der Waals surface area contributed by atoms with Gasteiger partial charge in [0.15, 0.2) is 0 Å². The van der Waals surface area contributed by atoms with Crippen molar-refractivity contribution in [1.29, 1.82) is 0 Å². The Morgan fingerprint density at radius 3 is 2.85 bits per heavy atom. The molecule has 0 radical (unpaired) electrons. The number of nitrogens with one attached hydrogen (secondary N) is 1. The highest BCUT2D eigenvalue weighted by Gasteiger charge is 2.04. The number of rotatable bonds is 4. The normalized spacial score (nSPS) is 9.69. The molecule has 1 N–H and O–H groups in total. The fourth-order valence-electron chi connectivity index (χ4n) is 1.32.